The second kappa shape index (κ2) is 9.56. The molecule has 0 saturated carbocycles. The van der Waals surface area contributed by atoms with E-state index in [2.05, 4.69) is 5.10 Å². The van der Waals surface area contributed by atoms with Gasteiger partial charge in [0, 0.05) is 17.3 Å². The van der Waals surface area contributed by atoms with E-state index < -0.39 is 11.9 Å². The molecule has 2 aromatic carbocycles. The van der Waals surface area contributed by atoms with Crippen molar-refractivity contribution in [1.29, 1.82) is 0 Å². The molecule has 1 aromatic heterocycles. The summed E-state index contributed by atoms with van der Waals surface area (Å²) in [7, 11) is 0. The van der Waals surface area contributed by atoms with E-state index >= 15 is 0 Å². The molecule has 0 atom stereocenters. The van der Waals surface area contributed by atoms with Crippen molar-refractivity contribution in [3.8, 4) is 11.4 Å². The highest BCUT2D eigenvalue weighted by molar-refractivity contribution is 5.87. The van der Waals surface area contributed by atoms with Gasteiger partial charge in [0.05, 0.1) is 11.4 Å². The van der Waals surface area contributed by atoms with Gasteiger partial charge >= 0.3 is 5.97 Å². The standard InChI is InChI=1S/C23H23N3O4/c1-16-21(17(2)26(25-16)19-8-4-3-5-9-19)11-12-23(28)30-14-18-7-6-10-20(13-18)29-15-22(24)27/h3-13H,14-15H2,1-2H3,(H2,24,27)/b12-11+. The van der Waals surface area contributed by atoms with E-state index in [1.165, 1.54) is 6.08 Å². The lowest BCUT2D eigenvalue weighted by molar-refractivity contribution is -0.138. The molecule has 7 nitrogen and oxygen atoms in total. The van der Waals surface area contributed by atoms with Crippen molar-refractivity contribution in [2.75, 3.05) is 6.61 Å². The summed E-state index contributed by atoms with van der Waals surface area (Å²) >= 11 is 0. The number of carbonyl (C=O) groups excluding carboxylic acids is 2. The molecule has 0 fully saturated rings. The second-order valence-corrected chi connectivity index (χ2v) is 6.68. The highest BCUT2D eigenvalue weighted by Crippen LogP contribution is 2.19. The van der Waals surface area contributed by atoms with Crippen LogP contribution in [0.1, 0.15) is 22.5 Å². The molecule has 0 saturated heterocycles. The van der Waals surface area contributed by atoms with Crippen molar-refractivity contribution < 1.29 is 19.1 Å². The van der Waals surface area contributed by atoms with Crippen molar-refractivity contribution >= 4 is 18.0 Å². The first-order valence-electron chi connectivity index (χ1n) is 9.40. The summed E-state index contributed by atoms with van der Waals surface area (Å²) < 4.78 is 12.4. The van der Waals surface area contributed by atoms with Gasteiger partial charge in [-0.15, -0.1) is 0 Å². The predicted molar refractivity (Wildman–Crippen MR) is 113 cm³/mol. The van der Waals surface area contributed by atoms with E-state index in [4.69, 9.17) is 15.2 Å². The zero-order valence-corrected chi connectivity index (χ0v) is 16.9. The number of carbonyl (C=O) groups is 2. The number of benzene rings is 2. The lowest BCUT2D eigenvalue weighted by Crippen LogP contribution is -2.20. The Morgan fingerprint density at radius 2 is 1.87 bits per heavy atom. The van der Waals surface area contributed by atoms with Crippen LogP contribution in [0.15, 0.2) is 60.7 Å². The molecule has 1 heterocycles. The Morgan fingerprint density at radius 3 is 2.60 bits per heavy atom. The SMILES string of the molecule is Cc1nn(-c2ccccc2)c(C)c1/C=C/C(=O)OCc1cccc(OCC(N)=O)c1. The summed E-state index contributed by atoms with van der Waals surface area (Å²) in [5.74, 6) is -0.541. The predicted octanol–water partition coefficient (Wildman–Crippen LogP) is 3.11. The molecule has 7 heteroatoms. The lowest BCUT2D eigenvalue weighted by atomic mass is 10.2. The van der Waals surface area contributed by atoms with Crippen molar-refractivity contribution in [3.63, 3.8) is 0 Å². The van der Waals surface area contributed by atoms with Crippen LogP contribution in [0.25, 0.3) is 11.8 Å². The smallest absolute Gasteiger partial charge is 0.331 e. The number of primary amides is 1. The number of nitrogens with two attached hydrogens (primary N) is 1. The van der Waals surface area contributed by atoms with Crippen molar-refractivity contribution in [2.24, 2.45) is 5.73 Å². The molecule has 0 radical (unpaired) electrons. The monoisotopic (exact) mass is 405 g/mol. The van der Waals surface area contributed by atoms with E-state index in [1.54, 1.807) is 30.3 Å². The van der Waals surface area contributed by atoms with Gasteiger partial charge in [-0.1, -0.05) is 30.3 Å². The number of para-hydroxylation sites is 1. The molecule has 30 heavy (non-hydrogen) atoms. The van der Waals surface area contributed by atoms with Gasteiger partial charge in [0.1, 0.15) is 12.4 Å². The maximum absolute atomic E-state index is 12.2. The largest absolute Gasteiger partial charge is 0.484 e. The number of hydrogen-bond acceptors (Lipinski definition) is 5. The van der Waals surface area contributed by atoms with Crippen molar-refractivity contribution in [1.82, 2.24) is 9.78 Å². The molecule has 0 aliphatic heterocycles. The number of aryl methyl sites for hydroxylation is 1. The molecule has 0 unspecified atom stereocenters. The van der Waals surface area contributed by atoms with Crippen LogP contribution in [-0.2, 0) is 20.9 Å². The quantitative estimate of drug-likeness (QED) is 0.459. The van der Waals surface area contributed by atoms with Crippen LogP contribution in [0, 0.1) is 13.8 Å². The maximum atomic E-state index is 12.2. The first kappa shape index (κ1) is 20.9. The first-order valence-corrected chi connectivity index (χ1v) is 9.40. The van der Waals surface area contributed by atoms with Gasteiger partial charge in [-0.25, -0.2) is 9.48 Å². The third-order valence-corrected chi connectivity index (χ3v) is 4.39. The molecular formula is C23H23N3O4. The molecular weight excluding hydrogens is 382 g/mol. The Balaban J connectivity index is 1.62. The van der Waals surface area contributed by atoms with Gasteiger partial charge in [-0.05, 0) is 49.8 Å². The number of esters is 1. The minimum atomic E-state index is -0.557. The van der Waals surface area contributed by atoms with Gasteiger partial charge in [-0.3, -0.25) is 4.79 Å². The van der Waals surface area contributed by atoms with E-state index in [1.807, 2.05) is 48.9 Å². The Kier molecular flexibility index (Phi) is 6.64. The fourth-order valence-electron chi connectivity index (χ4n) is 2.95. The van der Waals surface area contributed by atoms with Gasteiger partial charge in [0.15, 0.2) is 6.61 Å². The summed E-state index contributed by atoms with van der Waals surface area (Å²) in [6.07, 6.45) is 3.10. The molecule has 154 valence electrons. The van der Waals surface area contributed by atoms with Gasteiger partial charge in [0.25, 0.3) is 5.91 Å². The summed E-state index contributed by atoms with van der Waals surface area (Å²) in [4.78, 5) is 23.0. The van der Waals surface area contributed by atoms with Gasteiger partial charge < -0.3 is 15.2 Å². The van der Waals surface area contributed by atoms with E-state index in [-0.39, 0.29) is 13.2 Å². The van der Waals surface area contributed by atoms with E-state index in [0.717, 1.165) is 28.2 Å². The van der Waals surface area contributed by atoms with Crippen LogP contribution in [0.4, 0.5) is 0 Å². The molecule has 0 aliphatic carbocycles. The highest BCUT2D eigenvalue weighted by Gasteiger charge is 2.11. The lowest BCUT2D eigenvalue weighted by Gasteiger charge is -2.06. The average molecular weight is 405 g/mol. The summed E-state index contributed by atoms with van der Waals surface area (Å²) in [6, 6.07) is 16.7. The maximum Gasteiger partial charge on any atom is 0.331 e. The molecule has 0 aliphatic rings. The van der Waals surface area contributed by atoms with Crippen LogP contribution in [-0.4, -0.2) is 28.3 Å². The highest BCUT2D eigenvalue weighted by atomic mass is 16.5. The first-order chi connectivity index (χ1) is 14.4. The topological polar surface area (TPSA) is 96.4 Å². The Morgan fingerprint density at radius 1 is 1.10 bits per heavy atom. The average Bonchev–Trinajstić information content (AvgIpc) is 3.03. The summed E-state index contributed by atoms with van der Waals surface area (Å²) in [6.45, 7) is 3.73. The third-order valence-electron chi connectivity index (χ3n) is 4.39. The Labute approximate surface area is 174 Å². The molecule has 1 amide bonds. The number of aromatic nitrogens is 2. The Bertz CT molecular complexity index is 1070. The van der Waals surface area contributed by atoms with Crippen LogP contribution >= 0.6 is 0 Å². The summed E-state index contributed by atoms with van der Waals surface area (Å²) in [5.41, 5.74) is 9.39. The zero-order valence-electron chi connectivity index (χ0n) is 16.9. The number of ether oxygens (including phenoxy) is 2. The van der Waals surface area contributed by atoms with Crippen LogP contribution in [0.5, 0.6) is 5.75 Å². The van der Waals surface area contributed by atoms with E-state index in [9.17, 15) is 9.59 Å². The van der Waals surface area contributed by atoms with Crippen molar-refractivity contribution in [3.05, 3.63) is 83.2 Å². The fourth-order valence-corrected chi connectivity index (χ4v) is 2.95. The third kappa shape index (κ3) is 5.35. The zero-order chi connectivity index (χ0) is 21.5. The molecule has 3 aromatic rings. The van der Waals surface area contributed by atoms with Crippen LogP contribution in [0.2, 0.25) is 0 Å². The van der Waals surface area contributed by atoms with Crippen molar-refractivity contribution in [2.45, 2.75) is 20.5 Å². The number of amides is 1. The number of hydrogen-bond donors (Lipinski definition) is 1. The van der Waals surface area contributed by atoms with E-state index in [0.29, 0.717) is 5.75 Å². The molecule has 2 N–H and O–H groups in total. The minimum absolute atomic E-state index is 0.0815. The Hall–Kier alpha value is -3.87. The van der Waals surface area contributed by atoms with Crippen LogP contribution < -0.4 is 10.5 Å². The number of rotatable bonds is 8. The van der Waals surface area contributed by atoms with Gasteiger partial charge in [0.2, 0.25) is 0 Å². The molecule has 3 rings (SSSR count). The molecule has 0 spiro atoms. The van der Waals surface area contributed by atoms with Gasteiger partial charge in [-0.2, -0.15) is 5.10 Å². The van der Waals surface area contributed by atoms with Crippen LogP contribution in [0.3, 0.4) is 0 Å². The normalized spacial score (nSPS) is 10.9. The number of nitrogens with zero attached hydrogens (tertiary/aromatic N) is 2. The fraction of sp³-hybridized carbons (Fsp3) is 0.174. The second-order valence-electron chi connectivity index (χ2n) is 6.68. The summed E-state index contributed by atoms with van der Waals surface area (Å²) in [5, 5.41) is 4.56. The molecule has 0 bridgehead atoms. The minimum Gasteiger partial charge on any atom is -0.484 e.